The zero-order valence-electron chi connectivity index (χ0n) is 14.9. The Kier molecular flexibility index (Phi) is 6.07. The number of rotatable bonds is 7. The van der Waals surface area contributed by atoms with Crippen LogP contribution in [0.3, 0.4) is 0 Å². The molecule has 0 bridgehead atoms. The molecule has 3 aromatic rings. The fraction of sp³-hybridized carbons (Fsp3) is 0.250. The molecule has 1 N–H and O–H groups in total. The van der Waals surface area contributed by atoms with Gasteiger partial charge in [-0.05, 0) is 37.1 Å². The van der Waals surface area contributed by atoms with E-state index in [-0.39, 0.29) is 11.9 Å². The zero-order chi connectivity index (χ0) is 18.4. The molecule has 6 heteroatoms. The summed E-state index contributed by atoms with van der Waals surface area (Å²) in [5, 5.41) is 7.16. The van der Waals surface area contributed by atoms with Crippen molar-refractivity contribution in [3.05, 3.63) is 77.9 Å². The Morgan fingerprint density at radius 1 is 1.23 bits per heavy atom. The lowest BCUT2D eigenvalue weighted by atomic mass is 10.1. The van der Waals surface area contributed by atoms with Gasteiger partial charge in [-0.15, -0.1) is 11.8 Å². The lowest BCUT2D eigenvalue weighted by Gasteiger charge is -2.15. The fourth-order valence-corrected chi connectivity index (χ4v) is 3.47. The van der Waals surface area contributed by atoms with E-state index in [1.165, 1.54) is 17.5 Å². The van der Waals surface area contributed by atoms with Crippen LogP contribution in [0.25, 0.3) is 5.69 Å². The van der Waals surface area contributed by atoms with Crippen LogP contribution in [0.1, 0.15) is 29.7 Å². The summed E-state index contributed by atoms with van der Waals surface area (Å²) in [6, 6.07) is 16.3. The summed E-state index contributed by atoms with van der Waals surface area (Å²) in [5.41, 5.74) is 4.50. The minimum absolute atomic E-state index is 0.0353. The summed E-state index contributed by atoms with van der Waals surface area (Å²) in [6.07, 6.45) is 3.16. The molecule has 0 saturated heterocycles. The van der Waals surface area contributed by atoms with E-state index in [2.05, 4.69) is 46.6 Å². The van der Waals surface area contributed by atoms with Gasteiger partial charge in [-0.3, -0.25) is 4.79 Å². The molecule has 1 unspecified atom stereocenters. The molecular formula is C20H22N4OS. The lowest BCUT2D eigenvalue weighted by Crippen LogP contribution is -2.28. The summed E-state index contributed by atoms with van der Waals surface area (Å²) in [6.45, 7) is 4.07. The van der Waals surface area contributed by atoms with Crippen LogP contribution in [0.15, 0.2) is 61.2 Å². The van der Waals surface area contributed by atoms with Gasteiger partial charge in [0.1, 0.15) is 12.7 Å². The monoisotopic (exact) mass is 366 g/mol. The molecule has 0 aliphatic carbocycles. The summed E-state index contributed by atoms with van der Waals surface area (Å²) < 4.78 is 1.70. The Morgan fingerprint density at radius 3 is 2.73 bits per heavy atom. The first-order valence-electron chi connectivity index (χ1n) is 8.49. The fourth-order valence-electron chi connectivity index (χ4n) is 2.69. The topological polar surface area (TPSA) is 59.8 Å². The number of thioether (sulfide) groups is 1. The highest BCUT2D eigenvalue weighted by Gasteiger charge is 2.10. The molecule has 0 spiro atoms. The Hall–Kier alpha value is -2.60. The normalized spacial score (nSPS) is 11.9. The van der Waals surface area contributed by atoms with Gasteiger partial charge in [0.15, 0.2) is 0 Å². The number of aryl methyl sites for hydroxylation is 1. The van der Waals surface area contributed by atoms with Crippen LogP contribution in [-0.4, -0.2) is 26.4 Å². The van der Waals surface area contributed by atoms with E-state index in [9.17, 15) is 4.79 Å². The van der Waals surface area contributed by atoms with Crippen LogP contribution in [0.5, 0.6) is 0 Å². The summed E-state index contributed by atoms with van der Waals surface area (Å²) in [4.78, 5) is 16.1. The van der Waals surface area contributed by atoms with E-state index in [1.54, 1.807) is 22.8 Å². The van der Waals surface area contributed by atoms with Crippen molar-refractivity contribution in [1.29, 1.82) is 0 Å². The van der Waals surface area contributed by atoms with Gasteiger partial charge in [-0.1, -0.05) is 42.0 Å². The van der Waals surface area contributed by atoms with Crippen molar-refractivity contribution in [3.63, 3.8) is 0 Å². The van der Waals surface area contributed by atoms with Gasteiger partial charge < -0.3 is 5.32 Å². The predicted octanol–water partition coefficient (Wildman–Crippen LogP) is 3.69. The van der Waals surface area contributed by atoms with Gasteiger partial charge in [-0.2, -0.15) is 5.10 Å². The van der Waals surface area contributed by atoms with Gasteiger partial charge in [-0.25, -0.2) is 9.67 Å². The number of amides is 1. The average molecular weight is 366 g/mol. The molecule has 0 radical (unpaired) electrons. The minimum atomic E-state index is -0.0353. The number of nitrogens with zero attached hydrogens (tertiary/aromatic N) is 3. The lowest BCUT2D eigenvalue weighted by molar-refractivity contribution is -0.119. The molecule has 1 heterocycles. The Balaban J connectivity index is 1.47. The van der Waals surface area contributed by atoms with Crippen LogP contribution in [0.4, 0.5) is 0 Å². The molecule has 2 aromatic carbocycles. The second kappa shape index (κ2) is 8.67. The third-order valence-corrected chi connectivity index (χ3v) is 5.04. The minimum Gasteiger partial charge on any atom is -0.349 e. The number of carbonyl (C=O) groups is 1. The molecule has 0 fully saturated rings. The molecule has 1 amide bonds. The summed E-state index contributed by atoms with van der Waals surface area (Å²) in [5.74, 6) is 1.35. The highest BCUT2D eigenvalue weighted by Crippen LogP contribution is 2.17. The molecule has 3 rings (SSSR count). The number of carbonyl (C=O) groups excluding carboxylic acids is 1. The molecule has 5 nitrogen and oxygen atoms in total. The van der Waals surface area contributed by atoms with E-state index < -0.39 is 0 Å². The third kappa shape index (κ3) is 4.95. The number of aromatic nitrogens is 3. The largest absolute Gasteiger partial charge is 0.349 e. The standard InChI is InChI=1S/C20H22N4OS/c1-15-4-3-5-17(10-15)11-26-12-20(25)23-16(2)18-6-8-19(9-7-18)24-14-21-13-22-24/h3-10,13-14,16H,11-12H2,1-2H3,(H,23,25). The average Bonchev–Trinajstić information content (AvgIpc) is 3.16. The van der Waals surface area contributed by atoms with E-state index >= 15 is 0 Å². The van der Waals surface area contributed by atoms with Gasteiger partial charge in [0, 0.05) is 5.75 Å². The Morgan fingerprint density at radius 2 is 2.04 bits per heavy atom. The van der Waals surface area contributed by atoms with Crippen molar-refractivity contribution in [2.45, 2.75) is 25.6 Å². The first-order valence-corrected chi connectivity index (χ1v) is 9.65. The van der Waals surface area contributed by atoms with Crippen molar-refractivity contribution in [2.24, 2.45) is 0 Å². The van der Waals surface area contributed by atoms with Crippen LogP contribution in [-0.2, 0) is 10.5 Å². The predicted molar refractivity (Wildman–Crippen MR) is 105 cm³/mol. The quantitative estimate of drug-likeness (QED) is 0.693. The zero-order valence-corrected chi connectivity index (χ0v) is 15.7. The van der Waals surface area contributed by atoms with Crippen molar-refractivity contribution >= 4 is 17.7 Å². The number of benzene rings is 2. The van der Waals surface area contributed by atoms with Crippen molar-refractivity contribution in [3.8, 4) is 5.69 Å². The van der Waals surface area contributed by atoms with Gasteiger partial charge in [0.05, 0.1) is 17.5 Å². The van der Waals surface area contributed by atoms with E-state index in [0.717, 1.165) is 17.0 Å². The molecular weight excluding hydrogens is 344 g/mol. The second-order valence-electron chi connectivity index (χ2n) is 6.20. The van der Waals surface area contributed by atoms with Crippen molar-refractivity contribution in [1.82, 2.24) is 20.1 Å². The number of hydrogen-bond donors (Lipinski definition) is 1. The van der Waals surface area contributed by atoms with E-state index in [4.69, 9.17) is 0 Å². The highest BCUT2D eigenvalue weighted by atomic mass is 32.2. The molecule has 1 aromatic heterocycles. The number of hydrogen-bond acceptors (Lipinski definition) is 4. The third-order valence-electron chi connectivity index (χ3n) is 4.04. The molecule has 0 aliphatic rings. The maximum atomic E-state index is 12.2. The van der Waals surface area contributed by atoms with Gasteiger partial charge in [0.25, 0.3) is 0 Å². The molecule has 0 saturated carbocycles. The maximum absolute atomic E-state index is 12.2. The van der Waals surface area contributed by atoms with Crippen molar-refractivity contribution in [2.75, 3.05) is 5.75 Å². The van der Waals surface area contributed by atoms with Crippen LogP contribution in [0, 0.1) is 6.92 Å². The van der Waals surface area contributed by atoms with E-state index in [1.807, 2.05) is 31.2 Å². The maximum Gasteiger partial charge on any atom is 0.230 e. The SMILES string of the molecule is Cc1cccc(CSCC(=O)NC(C)c2ccc(-n3cncn3)cc2)c1. The van der Waals surface area contributed by atoms with Crippen LogP contribution < -0.4 is 5.32 Å². The van der Waals surface area contributed by atoms with Crippen LogP contribution >= 0.6 is 11.8 Å². The molecule has 0 aliphatic heterocycles. The number of nitrogens with one attached hydrogen (secondary N) is 1. The summed E-state index contributed by atoms with van der Waals surface area (Å²) in [7, 11) is 0. The van der Waals surface area contributed by atoms with Crippen molar-refractivity contribution < 1.29 is 4.79 Å². The Labute approximate surface area is 157 Å². The second-order valence-corrected chi connectivity index (χ2v) is 7.19. The summed E-state index contributed by atoms with van der Waals surface area (Å²) >= 11 is 1.63. The van der Waals surface area contributed by atoms with Gasteiger partial charge >= 0.3 is 0 Å². The smallest absolute Gasteiger partial charge is 0.230 e. The van der Waals surface area contributed by atoms with E-state index in [0.29, 0.717) is 5.75 Å². The first-order chi connectivity index (χ1) is 12.6. The van der Waals surface area contributed by atoms with Gasteiger partial charge in [0.2, 0.25) is 5.91 Å². The molecule has 26 heavy (non-hydrogen) atoms. The molecule has 1 atom stereocenters. The Bertz CT molecular complexity index is 847. The first kappa shape index (κ1) is 18.2. The molecule has 134 valence electrons. The highest BCUT2D eigenvalue weighted by molar-refractivity contribution is 7.99. The van der Waals surface area contributed by atoms with Crippen LogP contribution in [0.2, 0.25) is 0 Å².